The highest BCUT2D eigenvalue weighted by Gasteiger charge is 2.13. The van der Waals surface area contributed by atoms with Crippen molar-refractivity contribution < 1.29 is 23.5 Å². The van der Waals surface area contributed by atoms with Crippen molar-refractivity contribution in [3.05, 3.63) is 60.6 Å². The van der Waals surface area contributed by atoms with Crippen LogP contribution in [0.4, 0.5) is 21.0 Å². The van der Waals surface area contributed by atoms with Gasteiger partial charge in [-0.05, 0) is 36.2 Å². The molecule has 3 amide bonds. The summed E-state index contributed by atoms with van der Waals surface area (Å²) in [6, 6.07) is 13.8. The molecule has 1 heterocycles. The number of urea groups is 1. The lowest BCUT2D eigenvalue weighted by Crippen LogP contribution is -2.28. The van der Waals surface area contributed by atoms with Gasteiger partial charge in [0.15, 0.2) is 12.2 Å². The lowest BCUT2D eigenvalue weighted by molar-refractivity contribution is 0.0971. The standard InChI is InChI=1S/C24H25N5O5/c1-3-19(9-10-25)34-24(31)27-13-16-5-4-6-17(11-16)28-23(30)29-18-7-8-20(21(12-18)32-2)22-14-26-15-33-22/h4-8,11-12,14-15,19H,3,9,13H2,1-2H3,(H,27,31)(H2,28,29,30)/t19-/m1/s1. The first kappa shape index (κ1) is 24.1. The predicted molar refractivity (Wildman–Crippen MR) is 125 cm³/mol. The number of methoxy groups -OCH3 is 1. The summed E-state index contributed by atoms with van der Waals surface area (Å²) in [6.45, 7) is 2.05. The molecule has 3 aromatic rings. The van der Waals surface area contributed by atoms with Gasteiger partial charge in [0.2, 0.25) is 0 Å². The topological polar surface area (TPSA) is 139 Å². The second-order valence-electron chi connectivity index (χ2n) is 7.21. The number of nitriles is 1. The third-order valence-corrected chi connectivity index (χ3v) is 4.83. The van der Waals surface area contributed by atoms with Gasteiger partial charge in [0, 0.05) is 24.0 Å². The molecule has 0 aliphatic heterocycles. The van der Waals surface area contributed by atoms with Crippen LogP contribution in [0.2, 0.25) is 0 Å². The van der Waals surface area contributed by atoms with Crippen molar-refractivity contribution in [1.29, 1.82) is 5.26 Å². The Morgan fingerprint density at radius 3 is 2.65 bits per heavy atom. The molecule has 0 fully saturated rings. The van der Waals surface area contributed by atoms with Gasteiger partial charge >= 0.3 is 12.1 Å². The van der Waals surface area contributed by atoms with Crippen molar-refractivity contribution in [2.24, 2.45) is 0 Å². The Hall–Kier alpha value is -4.52. The number of hydrogen-bond acceptors (Lipinski definition) is 7. The zero-order valence-corrected chi connectivity index (χ0v) is 18.8. The number of benzene rings is 2. The Bertz CT molecular complexity index is 1160. The number of oxazole rings is 1. The van der Waals surface area contributed by atoms with Crippen molar-refractivity contribution in [2.75, 3.05) is 17.7 Å². The number of nitrogens with one attached hydrogen (secondary N) is 3. The third kappa shape index (κ3) is 6.74. The van der Waals surface area contributed by atoms with Gasteiger partial charge in [-0.15, -0.1) is 0 Å². The maximum absolute atomic E-state index is 12.5. The summed E-state index contributed by atoms with van der Waals surface area (Å²) in [4.78, 5) is 28.3. The predicted octanol–water partition coefficient (Wildman–Crippen LogP) is 4.91. The number of alkyl carbamates (subject to hydrolysis) is 1. The van der Waals surface area contributed by atoms with Gasteiger partial charge in [-0.1, -0.05) is 19.1 Å². The molecule has 0 radical (unpaired) electrons. The molecule has 1 aromatic heterocycles. The fourth-order valence-electron chi connectivity index (χ4n) is 3.11. The van der Waals surface area contributed by atoms with E-state index in [-0.39, 0.29) is 13.0 Å². The molecule has 0 aliphatic carbocycles. The first-order valence-corrected chi connectivity index (χ1v) is 10.6. The smallest absolute Gasteiger partial charge is 0.407 e. The van der Waals surface area contributed by atoms with E-state index in [1.807, 2.05) is 19.1 Å². The van der Waals surface area contributed by atoms with Crippen LogP contribution in [-0.2, 0) is 11.3 Å². The molecule has 0 aliphatic rings. The van der Waals surface area contributed by atoms with Crippen molar-refractivity contribution in [3.8, 4) is 23.1 Å². The first-order valence-electron chi connectivity index (χ1n) is 10.6. The number of carbonyl (C=O) groups excluding carboxylic acids is 2. The summed E-state index contributed by atoms with van der Waals surface area (Å²) >= 11 is 0. The second-order valence-corrected chi connectivity index (χ2v) is 7.21. The summed E-state index contributed by atoms with van der Waals surface area (Å²) in [5.41, 5.74) is 2.55. The van der Waals surface area contributed by atoms with Crippen LogP contribution in [0.1, 0.15) is 25.3 Å². The Morgan fingerprint density at radius 1 is 1.18 bits per heavy atom. The van der Waals surface area contributed by atoms with Crippen molar-refractivity contribution >= 4 is 23.5 Å². The zero-order chi connectivity index (χ0) is 24.3. The van der Waals surface area contributed by atoms with E-state index >= 15 is 0 Å². The van der Waals surface area contributed by atoms with E-state index in [1.54, 1.807) is 42.6 Å². The van der Waals surface area contributed by atoms with E-state index in [0.29, 0.717) is 34.9 Å². The van der Waals surface area contributed by atoms with E-state index in [9.17, 15) is 9.59 Å². The Balaban J connectivity index is 1.56. The molecule has 10 heteroatoms. The quantitative estimate of drug-likeness (QED) is 0.410. The summed E-state index contributed by atoms with van der Waals surface area (Å²) in [5, 5.41) is 16.9. The number of rotatable bonds is 9. The average molecular weight is 463 g/mol. The van der Waals surface area contributed by atoms with E-state index in [0.717, 1.165) is 5.56 Å². The molecule has 176 valence electrons. The largest absolute Gasteiger partial charge is 0.496 e. The minimum absolute atomic E-state index is 0.146. The van der Waals surface area contributed by atoms with Crippen LogP contribution in [0.3, 0.4) is 0 Å². The minimum atomic E-state index is -0.596. The summed E-state index contributed by atoms with van der Waals surface area (Å²) in [6.07, 6.45) is 2.58. The number of anilines is 2. The van der Waals surface area contributed by atoms with Crippen LogP contribution in [0.5, 0.6) is 5.75 Å². The number of amides is 3. The fourth-order valence-corrected chi connectivity index (χ4v) is 3.11. The van der Waals surface area contributed by atoms with Gasteiger partial charge in [-0.25, -0.2) is 14.6 Å². The second kappa shape index (κ2) is 11.9. The molecule has 3 rings (SSSR count). The van der Waals surface area contributed by atoms with Gasteiger partial charge in [0.05, 0.1) is 31.4 Å². The number of carbonyl (C=O) groups is 2. The van der Waals surface area contributed by atoms with Crippen molar-refractivity contribution in [1.82, 2.24) is 10.3 Å². The Kier molecular flexibility index (Phi) is 8.46. The van der Waals surface area contributed by atoms with Crippen molar-refractivity contribution in [3.63, 3.8) is 0 Å². The molecule has 0 saturated carbocycles. The molecule has 34 heavy (non-hydrogen) atoms. The molecular formula is C24H25N5O5. The normalized spacial score (nSPS) is 11.1. The molecule has 10 nitrogen and oxygen atoms in total. The summed E-state index contributed by atoms with van der Waals surface area (Å²) in [7, 11) is 1.53. The van der Waals surface area contributed by atoms with E-state index in [1.165, 1.54) is 13.5 Å². The Labute approximate surface area is 196 Å². The number of aromatic nitrogens is 1. The van der Waals surface area contributed by atoms with Crippen LogP contribution in [0, 0.1) is 11.3 Å². The number of hydrogen-bond donors (Lipinski definition) is 3. The maximum atomic E-state index is 12.5. The van der Waals surface area contributed by atoms with Gasteiger partial charge in [0.25, 0.3) is 0 Å². The molecule has 0 spiro atoms. The summed E-state index contributed by atoms with van der Waals surface area (Å²) in [5.74, 6) is 1.08. The molecule has 1 atom stereocenters. The number of nitrogens with zero attached hydrogens (tertiary/aromatic N) is 2. The van der Waals surface area contributed by atoms with Gasteiger partial charge in [-0.3, -0.25) is 0 Å². The third-order valence-electron chi connectivity index (χ3n) is 4.83. The highest BCUT2D eigenvalue weighted by atomic mass is 16.6. The number of ether oxygens (including phenoxy) is 2. The molecule has 0 unspecified atom stereocenters. The molecular weight excluding hydrogens is 438 g/mol. The summed E-state index contributed by atoms with van der Waals surface area (Å²) < 4.78 is 15.9. The molecule has 0 saturated heterocycles. The van der Waals surface area contributed by atoms with Crippen LogP contribution < -0.4 is 20.7 Å². The molecule has 2 aromatic carbocycles. The van der Waals surface area contributed by atoms with Crippen LogP contribution in [-0.4, -0.2) is 30.3 Å². The first-order chi connectivity index (χ1) is 16.5. The van der Waals surface area contributed by atoms with Gasteiger partial charge in [0.1, 0.15) is 11.9 Å². The highest BCUT2D eigenvalue weighted by Crippen LogP contribution is 2.32. The van der Waals surface area contributed by atoms with Crippen molar-refractivity contribution in [2.45, 2.75) is 32.4 Å². The van der Waals surface area contributed by atoms with E-state index < -0.39 is 18.2 Å². The van der Waals surface area contributed by atoms with Gasteiger partial charge < -0.3 is 29.8 Å². The maximum Gasteiger partial charge on any atom is 0.407 e. The lowest BCUT2D eigenvalue weighted by Gasteiger charge is -2.14. The monoisotopic (exact) mass is 463 g/mol. The lowest BCUT2D eigenvalue weighted by atomic mass is 10.1. The van der Waals surface area contributed by atoms with E-state index in [4.69, 9.17) is 19.2 Å². The average Bonchev–Trinajstić information content (AvgIpc) is 3.37. The van der Waals surface area contributed by atoms with Crippen LogP contribution in [0.25, 0.3) is 11.3 Å². The SMILES string of the molecule is CC[C@H](CC#N)OC(=O)NCc1cccc(NC(=O)Nc2ccc(-c3cnco3)c(OC)c2)c1. The zero-order valence-electron chi connectivity index (χ0n) is 18.8. The van der Waals surface area contributed by atoms with Gasteiger partial charge in [-0.2, -0.15) is 5.26 Å². The Morgan fingerprint density at radius 2 is 1.97 bits per heavy atom. The fraction of sp³-hybridized carbons (Fsp3) is 0.250. The van der Waals surface area contributed by atoms with Crippen LogP contribution >= 0.6 is 0 Å². The minimum Gasteiger partial charge on any atom is -0.496 e. The van der Waals surface area contributed by atoms with E-state index in [2.05, 4.69) is 20.9 Å². The van der Waals surface area contributed by atoms with Crippen LogP contribution in [0.15, 0.2) is 59.5 Å². The molecule has 3 N–H and O–H groups in total. The molecule has 0 bridgehead atoms. The highest BCUT2D eigenvalue weighted by molar-refractivity contribution is 6.00.